The molecule has 40 heavy (non-hydrogen) atoms. The number of fused-ring (bicyclic) bond motifs is 1. The molecule has 0 bridgehead atoms. The van der Waals surface area contributed by atoms with Crippen LogP contribution in [0, 0.1) is 11.7 Å². The van der Waals surface area contributed by atoms with E-state index in [4.69, 9.17) is 0 Å². The number of sulfone groups is 1. The summed E-state index contributed by atoms with van der Waals surface area (Å²) in [7, 11) is -2.95. The number of benzene rings is 2. The van der Waals surface area contributed by atoms with E-state index in [0.29, 0.717) is 37.5 Å². The Morgan fingerprint density at radius 1 is 1.02 bits per heavy atom. The van der Waals surface area contributed by atoms with Gasteiger partial charge in [0.05, 0.1) is 11.5 Å². The molecule has 2 heterocycles. The summed E-state index contributed by atoms with van der Waals surface area (Å²) < 4.78 is 37.2. The number of rotatable bonds is 6. The molecule has 2 fully saturated rings. The maximum Gasteiger partial charge on any atom is 0.278 e. The van der Waals surface area contributed by atoms with Crippen molar-refractivity contribution in [2.45, 2.75) is 64.6 Å². The number of nitrogens with zero attached hydrogens (tertiary/aromatic N) is 3. The Morgan fingerprint density at radius 3 is 2.35 bits per heavy atom. The van der Waals surface area contributed by atoms with Crippen LogP contribution in [0.15, 0.2) is 47.5 Å². The molecule has 0 atom stereocenters. The minimum Gasteiger partial charge on any atom is -0.354 e. The van der Waals surface area contributed by atoms with Crippen LogP contribution in [0.3, 0.4) is 0 Å². The number of aliphatic imine (C=N–C) groups is 1. The van der Waals surface area contributed by atoms with E-state index in [9.17, 15) is 22.4 Å². The number of amidine groups is 1. The van der Waals surface area contributed by atoms with Gasteiger partial charge in [0.15, 0.2) is 9.84 Å². The number of anilines is 1. The summed E-state index contributed by atoms with van der Waals surface area (Å²) in [6.45, 7) is 5.62. The highest BCUT2D eigenvalue weighted by molar-refractivity contribution is 7.91. The molecule has 2 aromatic carbocycles. The Labute approximate surface area is 235 Å². The second-order valence-electron chi connectivity index (χ2n) is 11.4. The lowest BCUT2D eigenvalue weighted by Gasteiger charge is -2.36. The van der Waals surface area contributed by atoms with Crippen molar-refractivity contribution in [3.05, 3.63) is 65.0 Å². The predicted molar refractivity (Wildman–Crippen MR) is 154 cm³/mol. The van der Waals surface area contributed by atoms with E-state index >= 15 is 0 Å². The molecule has 5 rings (SSSR count). The van der Waals surface area contributed by atoms with Gasteiger partial charge in [0.25, 0.3) is 5.91 Å². The molecule has 214 valence electrons. The molecular weight excluding hydrogens is 531 g/mol. The lowest BCUT2D eigenvalue weighted by molar-refractivity contribution is -0.126. The third-order valence-corrected chi connectivity index (χ3v) is 9.67. The Bertz CT molecular complexity index is 1390. The monoisotopic (exact) mass is 568 g/mol. The van der Waals surface area contributed by atoms with Crippen LogP contribution < -0.4 is 10.2 Å². The van der Waals surface area contributed by atoms with E-state index in [1.54, 1.807) is 0 Å². The Morgan fingerprint density at radius 2 is 1.70 bits per heavy atom. The molecule has 2 amide bonds. The van der Waals surface area contributed by atoms with Crippen molar-refractivity contribution in [2.75, 3.05) is 29.5 Å². The van der Waals surface area contributed by atoms with Crippen LogP contribution >= 0.6 is 0 Å². The molecule has 2 aromatic rings. The number of nitrogens with one attached hydrogen (secondary N) is 1. The number of carbonyl (C=O) groups excluding carboxylic acids is 2. The lowest BCUT2D eigenvalue weighted by atomic mass is 9.84. The molecule has 1 aliphatic carbocycles. The molecule has 0 unspecified atom stereocenters. The summed E-state index contributed by atoms with van der Waals surface area (Å²) in [5.74, 6) is 0.287. The van der Waals surface area contributed by atoms with E-state index in [1.807, 2.05) is 13.8 Å². The molecule has 10 heteroatoms. The van der Waals surface area contributed by atoms with Gasteiger partial charge in [0.2, 0.25) is 5.91 Å². The van der Waals surface area contributed by atoms with E-state index in [1.165, 1.54) is 24.3 Å². The summed E-state index contributed by atoms with van der Waals surface area (Å²) >= 11 is 0. The Kier molecular flexibility index (Phi) is 8.37. The molecule has 1 saturated carbocycles. The first-order chi connectivity index (χ1) is 19.1. The largest absolute Gasteiger partial charge is 0.354 e. The van der Waals surface area contributed by atoms with Crippen molar-refractivity contribution in [3.8, 4) is 0 Å². The third-order valence-electron chi connectivity index (χ3n) is 8.06. The van der Waals surface area contributed by atoms with Gasteiger partial charge >= 0.3 is 0 Å². The zero-order valence-electron chi connectivity index (χ0n) is 23.1. The second kappa shape index (κ2) is 11.8. The highest BCUT2D eigenvalue weighted by Crippen LogP contribution is 2.38. The van der Waals surface area contributed by atoms with Gasteiger partial charge in [-0.1, -0.05) is 12.1 Å². The molecule has 8 nitrogen and oxygen atoms in total. The molecule has 2 aliphatic heterocycles. The number of carbonyl (C=O) groups is 2. The van der Waals surface area contributed by atoms with Crippen LogP contribution in [-0.2, 0) is 27.6 Å². The summed E-state index contributed by atoms with van der Waals surface area (Å²) in [5.41, 5.74) is 3.51. The van der Waals surface area contributed by atoms with Crippen molar-refractivity contribution in [1.82, 2.24) is 10.2 Å². The summed E-state index contributed by atoms with van der Waals surface area (Å²) in [6.07, 6.45) is 3.63. The quantitative estimate of drug-likeness (QED) is 0.570. The Balaban J connectivity index is 1.39. The van der Waals surface area contributed by atoms with E-state index in [2.05, 4.69) is 38.3 Å². The second-order valence-corrected chi connectivity index (χ2v) is 13.8. The molecule has 3 aliphatic rings. The zero-order chi connectivity index (χ0) is 28.4. The minimum absolute atomic E-state index is 0.0244. The van der Waals surface area contributed by atoms with Crippen LogP contribution in [0.1, 0.15) is 61.0 Å². The van der Waals surface area contributed by atoms with Crippen molar-refractivity contribution >= 4 is 33.2 Å². The van der Waals surface area contributed by atoms with Gasteiger partial charge in [-0.3, -0.25) is 14.5 Å². The van der Waals surface area contributed by atoms with Crippen LogP contribution in [0.5, 0.6) is 0 Å². The molecule has 1 N–H and O–H groups in total. The van der Waals surface area contributed by atoms with Crippen LogP contribution in [0.4, 0.5) is 10.1 Å². The lowest BCUT2D eigenvalue weighted by Crippen LogP contribution is -2.44. The zero-order valence-corrected chi connectivity index (χ0v) is 23.9. The van der Waals surface area contributed by atoms with Gasteiger partial charge < -0.3 is 10.2 Å². The average Bonchev–Trinajstić information content (AvgIpc) is 3.27. The van der Waals surface area contributed by atoms with E-state index in [0.717, 1.165) is 42.5 Å². The smallest absolute Gasteiger partial charge is 0.278 e. The van der Waals surface area contributed by atoms with Crippen molar-refractivity contribution in [2.24, 2.45) is 10.9 Å². The predicted octanol–water partition coefficient (Wildman–Crippen LogP) is 3.74. The van der Waals surface area contributed by atoms with E-state index < -0.39 is 21.6 Å². The van der Waals surface area contributed by atoms with Crippen LogP contribution in [-0.4, -0.2) is 67.6 Å². The summed E-state index contributed by atoms with van der Waals surface area (Å²) in [6, 6.07) is 11.9. The normalized spacial score (nSPS) is 23.8. The van der Waals surface area contributed by atoms with Crippen molar-refractivity contribution in [1.29, 1.82) is 0 Å². The fourth-order valence-corrected chi connectivity index (χ4v) is 7.19. The molecular formula is C30H37FN4O4S. The number of hydrogen-bond acceptors (Lipinski definition) is 5. The van der Waals surface area contributed by atoms with Gasteiger partial charge in [0.1, 0.15) is 11.7 Å². The molecule has 0 spiro atoms. The number of hydrogen-bond donors (Lipinski definition) is 1. The number of amides is 2. The minimum atomic E-state index is -2.95. The maximum absolute atomic E-state index is 13.4. The van der Waals surface area contributed by atoms with Gasteiger partial charge in [0, 0.05) is 55.3 Å². The van der Waals surface area contributed by atoms with Crippen LogP contribution in [0.25, 0.3) is 0 Å². The van der Waals surface area contributed by atoms with Crippen molar-refractivity contribution in [3.63, 3.8) is 0 Å². The first-order valence-electron chi connectivity index (χ1n) is 14.1. The topological polar surface area (TPSA) is 99.2 Å². The maximum atomic E-state index is 13.4. The van der Waals surface area contributed by atoms with E-state index in [-0.39, 0.29) is 35.4 Å². The molecule has 0 radical (unpaired) electrons. The first-order valence-corrected chi connectivity index (χ1v) is 15.9. The average molecular weight is 569 g/mol. The summed E-state index contributed by atoms with van der Waals surface area (Å²) in [5, 5.41) is 3.03. The molecule has 1 saturated heterocycles. The molecule has 0 aromatic heterocycles. The SMILES string of the molecule is CC(C)NC(=O)C1CCC(N2C(=NC(=O)c3ccc(F)cc3)Cc3ccc(CN4CCS(=O)(=O)CC4)cc32)CC1. The van der Waals surface area contributed by atoms with Crippen LogP contribution in [0.2, 0.25) is 0 Å². The fourth-order valence-electron chi connectivity index (χ4n) is 5.92. The fraction of sp³-hybridized carbons (Fsp3) is 0.500. The highest BCUT2D eigenvalue weighted by atomic mass is 32.2. The van der Waals surface area contributed by atoms with Gasteiger partial charge in [-0.2, -0.15) is 4.99 Å². The third kappa shape index (κ3) is 6.61. The van der Waals surface area contributed by atoms with Gasteiger partial charge in [-0.05, 0) is 81.0 Å². The van der Waals surface area contributed by atoms with Gasteiger partial charge in [-0.15, -0.1) is 0 Å². The number of halogens is 1. The summed E-state index contributed by atoms with van der Waals surface area (Å²) in [4.78, 5) is 34.6. The van der Waals surface area contributed by atoms with Crippen molar-refractivity contribution < 1.29 is 22.4 Å². The first kappa shape index (κ1) is 28.4. The van der Waals surface area contributed by atoms with Gasteiger partial charge in [-0.25, -0.2) is 12.8 Å². The highest BCUT2D eigenvalue weighted by Gasteiger charge is 2.36. The standard InChI is InChI=1S/C30H37FN4O4S/c1-20(2)32-29(36)23-7-11-26(12-8-23)35-27-17-21(19-34-13-15-40(38,39)16-14-34)3-4-24(27)18-28(35)33-30(37)22-5-9-25(31)10-6-22/h3-6,9-10,17,20,23,26H,7-8,11-16,18-19H2,1-2H3,(H,32,36). The Hall–Kier alpha value is -3.11.